The Kier molecular flexibility index (Phi) is 2.81. The van der Waals surface area contributed by atoms with Crippen LogP contribution >= 0.6 is 0 Å². The maximum absolute atomic E-state index is 4.19. The van der Waals surface area contributed by atoms with Crippen LogP contribution in [0.5, 0.6) is 0 Å². The molecule has 16 heavy (non-hydrogen) atoms. The molecular weight excluding hydrogens is 200 g/mol. The fourth-order valence-corrected chi connectivity index (χ4v) is 1.51. The summed E-state index contributed by atoms with van der Waals surface area (Å²) >= 11 is 0. The lowest BCUT2D eigenvalue weighted by atomic mass is 10.0. The highest BCUT2D eigenvalue weighted by Gasteiger charge is 1.99. The van der Waals surface area contributed by atoms with Crippen molar-refractivity contribution in [3.63, 3.8) is 0 Å². The van der Waals surface area contributed by atoms with Crippen molar-refractivity contribution in [3.8, 4) is 0 Å². The molecule has 0 aliphatic carbocycles. The van der Waals surface area contributed by atoms with Gasteiger partial charge in [0.15, 0.2) is 0 Å². The summed E-state index contributed by atoms with van der Waals surface area (Å²) in [6.07, 6.45) is 5.11. The highest BCUT2D eigenvalue weighted by Crippen LogP contribution is 2.13. The van der Waals surface area contributed by atoms with Crippen LogP contribution in [0.3, 0.4) is 0 Å². The summed E-state index contributed by atoms with van der Waals surface area (Å²) in [5.74, 6) is 0. The zero-order chi connectivity index (χ0) is 11.5. The van der Waals surface area contributed by atoms with Gasteiger partial charge < -0.3 is 0 Å². The lowest BCUT2D eigenvalue weighted by Crippen LogP contribution is -1.95. The summed E-state index contributed by atoms with van der Waals surface area (Å²) < 4.78 is 0. The molecule has 0 bridgehead atoms. The minimum Gasteiger partial charge on any atom is -0.157 e. The van der Waals surface area contributed by atoms with Crippen LogP contribution in [0.15, 0.2) is 29.6 Å². The Morgan fingerprint density at radius 2 is 1.88 bits per heavy atom. The molecule has 0 unspecified atom stereocenters. The number of nitrogens with zero attached hydrogens (tertiary/aromatic N) is 4. The van der Waals surface area contributed by atoms with Crippen LogP contribution in [-0.4, -0.2) is 21.3 Å². The predicted molar refractivity (Wildman–Crippen MR) is 63.7 cm³/mol. The number of rotatable bonds is 2. The molecule has 1 aromatic carbocycles. The third kappa shape index (κ3) is 2.16. The molecule has 0 N–H and O–H groups in total. The fourth-order valence-electron chi connectivity index (χ4n) is 1.51. The van der Waals surface area contributed by atoms with E-state index < -0.39 is 0 Å². The van der Waals surface area contributed by atoms with Crippen molar-refractivity contribution in [1.82, 2.24) is 15.1 Å². The molecular formula is C12H14N4. The molecule has 0 amide bonds. The summed E-state index contributed by atoms with van der Waals surface area (Å²) in [5, 5.41) is 11.6. The molecule has 0 fully saturated rings. The molecule has 1 aromatic heterocycles. The van der Waals surface area contributed by atoms with Gasteiger partial charge in [-0.1, -0.05) is 6.07 Å². The van der Waals surface area contributed by atoms with E-state index in [9.17, 15) is 0 Å². The molecule has 0 aliphatic heterocycles. The maximum atomic E-state index is 4.19. The van der Waals surface area contributed by atoms with Crippen LogP contribution in [0.4, 0.5) is 0 Å². The van der Waals surface area contributed by atoms with Gasteiger partial charge in [0.2, 0.25) is 0 Å². The molecule has 0 aliphatic rings. The Morgan fingerprint density at radius 3 is 2.56 bits per heavy atom. The Hall–Kier alpha value is -1.97. The van der Waals surface area contributed by atoms with Crippen LogP contribution in [0.25, 0.3) is 0 Å². The summed E-state index contributed by atoms with van der Waals surface area (Å²) in [6, 6.07) is 4.29. The number of benzene rings is 1. The van der Waals surface area contributed by atoms with Crippen molar-refractivity contribution in [2.24, 2.45) is 5.10 Å². The summed E-state index contributed by atoms with van der Waals surface area (Å²) in [4.78, 5) is 1.44. The van der Waals surface area contributed by atoms with E-state index in [0.717, 1.165) is 5.56 Å². The monoisotopic (exact) mass is 214 g/mol. The van der Waals surface area contributed by atoms with E-state index in [1.807, 2.05) is 0 Å². The van der Waals surface area contributed by atoms with Crippen LogP contribution in [-0.2, 0) is 0 Å². The average Bonchev–Trinajstić information content (AvgIpc) is 2.74. The molecule has 4 heteroatoms. The van der Waals surface area contributed by atoms with Crippen molar-refractivity contribution < 1.29 is 0 Å². The third-order valence-corrected chi connectivity index (χ3v) is 2.61. The molecule has 0 spiro atoms. The van der Waals surface area contributed by atoms with E-state index in [4.69, 9.17) is 0 Å². The van der Waals surface area contributed by atoms with Gasteiger partial charge in [0.25, 0.3) is 0 Å². The summed E-state index contributed by atoms with van der Waals surface area (Å²) in [5.41, 5.74) is 4.90. The van der Waals surface area contributed by atoms with E-state index in [0.29, 0.717) is 0 Å². The van der Waals surface area contributed by atoms with Gasteiger partial charge in [-0.25, -0.2) is 0 Å². The van der Waals surface area contributed by atoms with Crippen molar-refractivity contribution >= 4 is 6.21 Å². The zero-order valence-electron chi connectivity index (χ0n) is 9.68. The van der Waals surface area contributed by atoms with Gasteiger partial charge in [0, 0.05) is 0 Å². The Bertz CT molecular complexity index is 512. The molecule has 0 atom stereocenters. The molecule has 2 rings (SSSR count). The second-order valence-corrected chi connectivity index (χ2v) is 3.86. The SMILES string of the molecule is Cc1cc(C)c(/C=N/n2ccnn2)cc1C. The summed E-state index contributed by atoms with van der Waals surface area (Å²) in [6.45, 7) is 6.29. The smallest absolute Gasteiger partial charge is 0.0716 e. The van der Waals surface area contributed by atoms with E-state index in [1.54, 1.807) is 18.6 Å². The largest absolute Gasteiger partial charge is 0.157 e. The van der Waals surface area contributed by atoms with Gasteiger partial charge in [-0.05, 0) is 54.3 Å². The molecule has 1 heterocycles. The molecule has 4 nitrogen and oxygen atoms in total. The van der Waals surface area contributed by atoms with Crippen molar-refractivity contribution in [2.45, 2.75) is 20.8 Å². The van der Waals surface area contributed by atoms with E-state index in [2.05, 4.69) is 48.3 Å². The summed E-state index contributed by atoms with van der Waals surface area (Å²) in [7, 11) is 0. The van der Waals surface area contributed by atoms with Crippen LogP contribution in [0.2, 0.25) is 0 Å². The Labute approximate surface area is 94.6 Å². The fraction of sp³-hybridized carbons (Fsp3) is 0.250. The molecule has 0 radical (unpaired) electrons. The first-order valence-corrected chi connectivity index (χ1v) is 5.15. The number of hydrogen-bond donors (Lipinski definition) is 0. The van der Waals surface area contributed by atoms with Gasteiger partial charge in [-0.2, -0.15) is 5.10 Å². The van der Waals surface area contributed by atoms with E-state index >= 15 is 0 Å². The molecule has 0 saturated carbocycles. The quantitative estimate of drug-likeness (QED) is 0.718. The maximum Gasteiger partial charge on any atom is 0.0716 e. The minimum absolute atomic E-state index is 1.11. The zero-order valence-corrected chi connectivity index (χ0v) is 9.68. The predicted octanol–water partition coefficient (Wildman–Crippen LogP) is 2.09. The van der Waals surface area contributed by atoms with E-state index in [-0.39, 0.29) is 0 Å². The molecule has 0 saturated heterocycles. The van der Waals surface area contributed by atoms with Gasteiger partial charge in [0.1, 0.15) is 0 Å². The first kappa shape index (κ1) is 10.5. The van der Waals surface area contributed by atoms with Crippen molar-refractivity contribution in [2.75, 3.05) is 0 Å². The van der Waals surface area contributed by atoms with Crippen molar-refractivity contribution in [1.29, 1.82) is 0 Å². The topological polar surface area (TPSA) is 43.1 Å². The first-order valence-electron chi connectivity index (χ1n) is 5.15. The second kappa shape index (κ2) is 4.26. The number of aryl methyl sites for hydroxylation is 3. The van der Waals surface area contributed by atoms with E-state index in [1.165, 1.54) is 21.5 Å². The normalized spacial score (nSPS) is 11.2. The number of hydrogen-bond acceptors (Lipinski definition) is 3. The molecule has 2 aromatic rings. The second-order valence-electron chi connectivity index (χ2n) is 3.86. The van der Waals surface area contributed by atoms with Crippen LogP contribution in [0.1, 0.15) is 22.3 Å². The van der Waals surface area contributed by atoms with Crippen molar-refractivity contribution in [3.05, 3.63) is 46.8 Å². The van der Waals surface area contributed by atoms with Crippen LogP contribution in [0, 0.1) is 20.8 Å². The Morgan fingerprint density at radius 1 is 1.12 bits per heavy atom. The van der Waals surface area contributed by atoms with Gasteiger partial charge in [-0.3, -0.25) is 0 Å². The average molecular weight is 214 g/mol. The van der Waals surface area contributed by atoms with Gasteiger partial charge in [0.05, 0.1) is 18.6 Å². The number of aromatic nitrogens is 3. The standard InChI is InChI=1S/C12H14N4/c1-9-6-11(3)12(7-10(9)2)8-14-16-5-4-13-15-16/h4-8H,1-3H3/b14-8+. The Balaban J connectivity index is 2.31. The molecule has 82 valence electrons. The highest BCUT2D eigenvalue weighted by molar-refractivity contribution is 5.82. The highest BCUT2D eigenvalue weighted by atomic mass is 15.6. The van der Waals surface area contributed by atoms with Gasteiger partial charge in [-0.15, -0.1) is 9.89 Å². The lowest BCUT2D eigenvalue weighted by Gasteiger charge is -2.05. The third-order valence-electron chi connectivity index (χ3n) is 2.61. The lowest BCUT2D eigenvalue weighted by molar-refractivity contribution is 0.697. The van der Waals surface area contributed by atoms with Crippen LogP contribution < -0.4 is 0 Å². The first-order chi connectivity index (χ1) is 7.66. The van der Waals surface area contributed by atoms with Gasteiger partial charge >= 0.3 is 0 Å². The minimum atomic E-state index is 1.11.